The fourth-order valence-electron chi connectivity index (χ4n) is 3.01. The zero-order valence-corrected chi connectivity index (χ0v) is 17.0. The van der Waals surface area contributed by atoms with Crippen molar-refractivity contribution in [3.63, 3.8) is 0 Å². The number of hydrogen-bond acceptors (Lipinski definition) is 5. The number of ether oxygens (including phenoxy) is 1. The molecule has 30 heavy (non-hydrogen) atoms. The van der Waals surface area contributed by atoms with Crippen LogP contribution in [0, 0.1) is 23.1 Å². The SMILES string of the molecule is CCOC(=O)Nc1cc(-c2cn(CC(C)C)nc2-c2ccc(F)c(C#N)c2)ccn1. The lowest BCUT2D eigenvalue weighted by Gasteiger charge is -2.07. The molecule has 0 aliphatic heterocycles. The van der Waals surface area contributed by atoms with Gasteiger partial charge in [0.05, 0.1) is 12.2 Å². The van der Waals surface area contributed by atoms with Crippen LogP contribution in [0.2, 0.25) is 0 Å². The van der Waals surface area contributed by atoms with E-state index in [0.717, 1.165) is 11.1 Å². The van der Waals surface area contributed by atoms with Crippen LogP contribution in [0.1, 0.15) is 26.3 Å². The molecule has 3 aromatic rings. The molecular formula is C22H22FN5O2. The van der Waals surface area contributed by atoms with Gasteiger partial charge in [-0.1, -0.05) is 13.8 Å². The van der Waals surface area contributed by atoms with Gasteiger partial charge in [0.15, 0.2) is 0 Å². The van der Waals surface area contributed by atoms with Gasteiger partial charge in [-0.25, -0.2) is 14.2 Å². The lowest BCUT2D eigenvalue weighted by atomic mass is 10.0. The van der Waals surface area contributed by atoms with Crippen LogP contribution in [0.25, 0.3) is 22.4 Å². The van der Waals surface area contributed by atoms with Crippen LogP contribution < -0.4 is 5.32 Å². The van der Waals surface area contributed by atoms with Gasteiger partial charge in [0.25, 0.3) is 0 Å². The summed E-state index contributed by atoms with van der Waals surface area (Å²) in [4.78, 5) is 15.9. The van der Waals surface area contributed by atoms with Gasteiger partial charge >= 0.3 is 6.09 Å². The molecule has 1 amide bonds. The Kier molecular flexibility index (Phi) is 6.42. The molecule has 0 fully saturated rings. The smallest absolute Gasteiger partial charge is 0.412 e. The summed E-state index contributed by atoms with van der Waals surface area (Å²) in [6.45, 7) is 6.83. The highest BCUT2D eigenvalue weighted by Gasteiger charge is 2.16. The van der Waals surface area contributed by atoms with Gasteiger partial charge in [0.2, 0.25) is 0 Å². The first kappa shape index (κ1) is 21.0. The van der Waals surface area contributed by atoms with E-state index in [9.17, 15) is 14.4 Å². The Bertz CT molecular complexity index is 1100. The number of nitrogens with one attached hydrogen (secondary N) is 1. The topological polar surface area (TPSA) is 92.8 Å². The second-order valence-electron chi connectivity index (χ2n) is 7.09. The Morgan fingerprint density at radius 1 is 1.30 bits per heavy atom. The van der Waals surface area contributed by atoms with Crippen molar-refractivity contribution in [1.29, 1.82) is 5.26 Å². The summed E-state index contributed by atoms with van der Waals surface area (Å²) in [6, 6.07) is 9.72. The van der Waals surface area contributed by atoms with E-state index in [0.29, 0.717) is 29.5 Å². The number of carbonyl (C=O) groups is 1. The number of aromatic nitrogens is 3. The number of halogens is 1. The van der Waals surface area contributed by atoms with Crippen molar-refractivity contribution in [2.45, 2.75) is 27.3 Å². The summed E-state index contributed by atoms with van der Waals surface area (Å²) in [5, 5.41) is 16.4. The standard InChI is InChI=1S/C22H22FN5O2/c1-4-30-22(29)26-20-10-15(7-8-25-20)18-13-28(12-14(2)3)27-21(18)16-5-6-19(23)17(9-16)11-24/h5-10,13-14H,4,12H2,1-3H3,(H,25,26,29). The first-order chi connectivity index (χ1) is 14.4. The van der Waals surface area contributed by atoms with Gasteiger partial charge in [-0.3, -0.25) is 10.00 Å². The third-order valence-electron chi connectivity index (χ3n) is 4.25. The molecule has 154 valence electrons. The number of nitriles is 1. The predicted octanol–water partition coefficient (Wildman–Crippen LogP) is 4.85. The predicted molar refractivity (Wildman–Crippen MR) is 111 cm³/mol. The van der Waals surface area contributed by atoms with Gasteiger partial charge in [-0.2, -0.15) is 10.4 Å². The fourth-order valence-corrected chi connectivity index (χ4v) is 3.01. The lowest BCUT2D eigenvalue weighted by molar-refractivity contribution is 0.168. The molecule has 1 N–H and O–H groups in total. The molecule has 0 aliphatic rings. The minimum atomic E-state index is -0.588. The maximum Gasteiger partial charge on any atom is 0.412 e. The number of benzene rings is 1. The first-order valence-electron chi connectivity index (χ1n) is 9.59. The second kappa shape index (κ2) is 9.18. The first-order valence-corrected chi connectivity index (χ1v) is 9.59. The maximum absolute atomic E-state index is 13.8. The number of anilines is 1. The molecule has 3 rings (SSSR count). The fraction of sp³-hybridized carbons (Fsp3) is 0.273. The van der Waals surface area contributed by atoms with Crippen LogP contribution in [0.4, 0.5) is 15.0 Å². The van der Waals surface area contributed by atoms with Crippen molar-refractivity contribution in [3.05, 3.63) is 54.1 Å². The molecule has 2 aromatic heterocycles. The highest BCUT2D eigenvalue weighted by Crippen LogP contribution is 2.33. The van der Waals surface area contributed by atoms with E-state index < -0.39 is 11.9 Å². The summed E-state index contributed by atoms with van der Waals surface area (Å²) in [6.07, 6.45) is 2.88. The zero-order chi connectivity index (χ0) is 21.7. The van der Waals surface area contributed by atoms with Crippen molar-refractivity contribution >= 4 is 11.9 Å². The van der Waals surface area contributed by atoms with Crippen LogP contribution in [-0.4, -0.2) is 27.5 Å². The number of carbonyl (C=O) groups excluding carboxylic acids is 1. The summed E-state index contributed by atoms with van der Waals surface area (Å²) >= 11 is 0. The lowest BCUT2D eigenvalue weighted by Crippen LogP contribution is -2.14. The average Bonchev–Trinajstić information content (AvgIpc) is 3.12. The van der Waals surface area contributed by atoms with Crippen LogP contribution in [0.15, 0.2) is 42.7 Å². The van der Waals surface area contributed by atoms with E-state index in [4.69, 9.17) is 4.74 Å². The molecule has 1 aromatic carbocycles. The van der Waals surface area contributed by atoms with Crippen LogP contribution in [-0.2, 0) is 11.3 Å². The molecule has 8 heteroatoms. The molecule has 2 heterocycles. The van der Waals surface area contributed by atoms with E-state index in [1.54, 1.807) is 31.3 Å². The average molecular weight is 407 g/mol. The summed E-state index contributed by atoms with van der Waals surface area (Å²) in [5.41, 5.74) is 2.74. The molecule has 0 aliphatic carbocycles. The van der Waals surface area contributed by atoms with Gasteiger partial charge in [0.1, 0.15) is 23.4 Å². The van der Waals surface area contributed by atoms with E-state index in [1.165, 1.54) is 12.1 Å². The maximum atomic E-state index is 13.8. The number of rotatable bonds is 6. The quantitative estimate of drug-likeness (QED) is 0.631. The van der Waals surface area contributed by atoms with Gasteiger partial charge in [-0.05, 0) is 48.7 Å². The Hall–Kier alpha value is -3.73. The minimum absolute atomic E-state index is 0.0451. The molecule has 0 saturated carbocycles. The molecule has 0 saturated heterocycles. The summed E-state index contributed by atoms with van der Waals surface area (Å²) in [5.74, 6) is 0.131. The van der Waals surface area contributed by atoms with Crippen molar-refractivity contribution in [2.24, 2.45) is 5.92 Å². The summed E-state index contributed by atoms with van der Waals surface area (Å²) in [7, 11) is 0. The number of amides is 1. The second-order valence-corrected chi connectivity index (χ2v) is 7.09. The normalized spacial score (nSPS) is 10.7. The minimum Gasteiger partial charge on any atom is -0.450 e. The van der Waals surface area contributed by atoms with Crippen LogP contribution in [0.5, 0.6) is 0 Å². The molecule has 0 spiro atoms. The van der Waals surface area contributed by atoms with Crippen molar-refractivity contribution in [3.8, 4) is 28.5 Å². The molecule has 0 atom stereocenters. The third kappa shape index (κ3) is 4.81. The highest BCUT2D eigenvalue weighted by molar-refractivity contribution is 5.86. The molecule has 0 unspecified atom stereocenters. The molecule has 0 bridgehead atoms. The number of hydrogen-bond donors (Lipinski definition) is 1. The van der Waals surface area contributed by atoms with Crippen molar-refractivity contribution in [1.82, 2.24) is 14.8 Å². The third-order valence-corrected chi connectivity index (χ3v) is 4.25. The Morgan fingerprint density at radius 3 is 2.80 bits per heavy atom. The Balaban J connectivity index is 2.07. The van der Waals surface area contributed by atoms with Crippen LogP contribution >= 0.6 is 0 Å². The van der Waals surface area contributed by atoms with E-state index in [1.807, 2.05) is 16.9 Å². The zero-order valence-electron chi connectivity index (χ0n) is 17.0. The number of pyridine rings is 1. The molecule has 7 nitrogen and oxygen atoms in total. The van der Waals surface area contributed by atoms with Gasteiger partial charge < -0.3 is 4.74 Å². The monoisotopic (exact) mass is 407 g/mol. The Labute approximate surface area is 174 Å². The van der Waals surface area contributed by atoms with Gasteiger partial charge in [0, 0.05) is 30.1 Å². The molecule has 0 radical (unpaired) electrons. The summed E-state index contributed by atoms with van der Waals surface area (Å²) < 4.78 is 20.5. The number of nitrogens with zero attached hydrogens (tertiary/aromatic N) is 4. The van der Waals surface area contributed by atoms with E-state index in [-0.39, 0.29) is 12.2 Å². The highest BCUT2D eigenvalue weighted by atomic mass is 19.1. The largest absolute Gasteiger partial charge is 0.450 e. The van der Waals surface area contributed by atoms with Crippen molar-refractivity contribution < 1.29 is 13.9 Å². The van der Waals surface area contributed by atoms with Gasteiger partial charge in [-0.15, -0.1) is 0 Å². The van der Waals surface area contributed by atoms with E-state index >= 15 is 0 Å². The Morgan fingerprint density at radius 2 is 2.10 bits per heavy atom. The van der Waals surface area contributed by atoms with Crippen molar-refractivity contribution in [2.75, 3.05) is 11.9 Å². The van der Waals surface area contributed by atoms with Crippen LogP contribution in [0.3, 0.4) is 0 Å². The van der Waals surface area contributed by atoms with E-state index in [2.05, 4.69) is 29.2 Å². The molecular weight excluding hydrogens is 385 g/mol.